The van der Waals surface area contributed by atoms with Gasteiger partial charge in [0, 0.05) is 12.0 Å². The van der Waals surface area contributed by atoms with Gasteiger partial charge in [-0.05, 0) is 32.9 Å². The molecule has 4 heteroatoms. The van der Waals surface area contributed by atoms with Crippen molar-refractivity contribution in [1.29, 1.82) is 0 Å². The Bertz CT molecular complexity index is 587. The molecule has 0 radical (unpaired) electrons. The van der Waals surface area contributed by atoms with Crippen LogP contribution in [0.3, 0.4) is 0 Å². The van der Waals surface area contributed by atoms with E-state index in [0.717, 1.165) is 0 Å². The maximum absolute atomic E-state index is 12.4. The molecule has 4 nitrogen and oxygen atoms in total. The zero-order valence-electron chi connectivity index (χ0n) is 13.8. The van der Waals surface area contributed by atoms with E-state index in [1.165, 1.54) is 0 Å². The van der Waals surface area contributed by atoms with E-state index in [4.69, 9.17) is 9.47 Å². The Kier molecular flexibility index (Phi) is 7.62. The molecule has 0 spiro atoms. The Morgan fingerprint density at radius 1 is 1.09 bits per heavy atom. The van der Waals surface area contributed by atoms with Gasteiger partial charge in [0.15, 0.2) is 0 Å². The molecule has 0 unspecified atom stereocenters. The third-order valence-electron chi connectivity index (χ3n) is 3.10. The van der Waals surface area contributed by atoms with Crippen molar-refractivity contribution in [1.82, 2.24) is 0 Å². The summed E-state index contributed by atoms with van der Waals surface area (Å²) in [5.74, 6) is 4.33. The molecule has 0 amide bonds. The van der Waals surface area contributed by atoms with E-state index in [2.05, 4.69) is 11.8 Å². The first-order chi connectivity index (χ1) is 11.1. The summed E-state index contributed by atoms with van der Waals surface area (Å²) in [6.07, 6.45) is 3.59. The highest BCUT2D eigenvalue weighted by atomic mass is 16.6. The summed E-state index contributed by atoms with van der Waals surface area (Å²) < 4.78 is 10.2. The smallest absolute Gasteiger partial charge is 0.336 e. The lowest BCUT2D eigenvalue weighted by Crippen LogP contribution is -2.40. The minimum Gasteiger partial charge on any atom is -0.464 e. The standard InChI is InChI=1S/C19H22O4/c1-4-7-14-19(17(20)22-5-2,18(21)23-6-3)15-13-16-11-9-8-10-12-16/h4,7-12H,5-6,14H2,1-3H3/b7-4+. The number of hydrogen-bond donors (Lipinski definition) is 0. The molecule has 0 aliphatic rings. The molecule has 0 fully saturated rings. The van der Waals surface area contributed by atoms with Crippen molar-refractivity contribution in [3.8, 4) is 11.8 Å². The van der Waals surface area contributed by atoms with E-state index < -0.39 is 17.4 Å². The summed E-state index contributed by atoms with van der Waals surface area (Å²) in [5, 5.41) is 0. The van der Waals surface area contributed by atoms with Crippen LogP contribution in [-0.4, -0.2) is 25.2 Å². The lowest BCUT2D eigenvalue weighted by Gasteiger charge is -2.22. The third kappa shape index (κ3) is 5.00. The van der Waals surface area contributed by atoms with Crippen molar-refractivity contribution in [2.45, 2.75) is 27.2 Å². The zero-order valence-corrected chi connectivity index (χ0v) is 13.8. The number of rotatable bonds is 6. The summed E-state index contributed by atoms with van der Waals surface area (Å²) in [6, 6.07) is 9.17. The van der Waals surface area contributed by atoms with Crippen molar-refractivity contribution in [3.05, 3.63) is 48.0 Å². The van der Waals surface area contributed by atoms with Gasteiger partial charge in [0.1, 0.15) is 0 Å². The maximum atomic E-state index is 12.4. The largest absolute Gasteiger partial charge is 0.464 e. The van der Waals surface area contributed by atoms with Gasteiger partial charge in [-0.1, -0.05) is 42.2 Å². The van der Waals surface area contributed by atoms with Crippen molar-refractivity contribution < 1.29 is 19.1 Å². The molecule has 0 saturated heterocycles. The first-order valence-electron chi connectivity index (χ1n) is 7.64. The van der Waals surface area contributed by atoms with Crippen molar-refractivity contribution >= 4 is 11.9 Å². The quantitative estimate of drug-likeness (QED) is 0.350. The molecular weight excluding hydrogens is 292 g/mol. The molecule has 1 rings (SSSR count). The van der Waals surface area contributed by atoms with Crippen molar-refractivity contribution in [2.75, 3.05) is 13.2 Å². The van der Waals surface area contributed by atoms with Crippen LogP contribution >= 0.6 is 0 Å². The summed E-state index contributed by atoms with van der Waals surface area (Å²) in [6.45, 7) is 5.53. The number of ether oxygens (including phenoxy) is 2. The molecule has 1 aromatic rings. The monoisotopic (exact) mass is 314 g/mol. The highest BCUT2D eigenvalue weighted by molar-refractivity contribution is 6.04. The van der Waals surface area contributed by atoms with Gasteiger partial charge in [0.25, 0.3) is 0 Å². The topological polar surface area (TPSA) is 52.6 Å². The molecule has 1 aromatic carbocycles. The van der Waals surface area contributed by atoms with Gasteiger partial charge >= 0.3 is 11.9 Å². The van der Waals surface area contributed by atoms with Gasteiger partial charge in [0.05, 0.1) is 13.2 Å². The van der Waals surface area contributed by atoms with Crippen LogP contribution in [-0.2, 0) is 19.1 Å². The minimum atomic E-state index is -1.64. The predicted molar refractivity (Wildman–Crippen MR) is 88.5 cm³/mol. The molecule has 0 saturated carbocycles. The predicted octanol–water partition coefficient (Wildman–Crippen LogP) is 3.12. The fraction of sp³-hybridized carbons (Fsp3) is 0.368. The van der Waals surface area contributed by atoms with Crippen LogP contribution in [0.1, 0.15) is 32.8 Å². The van der Waals surface area contributed by atoms with Gasteiger partial charge in [-0.3, -0.25) is 0 Å². The second-order valence-electron chi connectivity index (χ2n) is 4.74. The molecule has 122 valence electrons. The number of esters is 2. The summed E-state index contributed by atoms with van der Waals surface area (Å²) >= 11 is 0. The van der Waals surface area contributed by atoms with Crippen LogP contribution < -0.4 is 0 Å². The highest BCUT2D eigenvalue weighted by Gasteiger charge is 2.47. The van der Waals surface area contributed by atoms with Gasteiger partial charge in [-0.15, -0.1) is 0 Å². The fourth-order valence-electron chi connectivity index (χ4n) is 1.91. The average Bonchev–Trinajstić information content (AvgIpc) is 2.56. The maximum Gasteiger partial charge on any atom is 0.336 e. The lowest BCUT2D eigenvalue weighted by molar-refractivity contribution is -0.167. The zero-order chi connectivity index (χ0) is 17.1. The Labute approximate surface area is 137 Å². The van der Waals surface area contributed by atoms with Crippen molar-refractivity contribution in [2.24, 2.45) is 5.41 Å². The molecule has 0 bridgehead atoms. The van der Waals surface area contributed by atoms with Gasteiger partial charge < -0.3 is 9.47 Å². The lowest BCUT2D eigenvalue weighted by atomic mass is 9.84. The number of carbonyl (C=O) groups excluding carboxylic acids is 2. The molecule has 23 heavy (non-hydrogen) atoms. The summed E-state index contributed by atoms with van der Waals surface area (Å²) in [7, 11) is 0. The molecule has 0 N–H and O–H groups in total. The van der Waals surface area contributed by atoms with Crippen LogP contribution in [0.25, 0.3) is 0 Å². The Morgan fingerprint density at radius 2 is 1.65 bits per heavy atom. The van der Waals surface area contributed by atoms with E-state index in [9.17, 15) is 9.59 Å². The SMILES string of the molecule is C/C=C/CC(C#Cc1ccccc1)(C(=O)OCC)C(=O)OCC. The van der Waals surface area contributed by atoms with Gasteiger partial charge in [-0.2, -0.15) is 0 Å². The molecular formula is C19H22O4. The molecule has 0 aromatic heterocycles. The number of carbonyl (C=O) groups is 2. The van der Waals surface area contributed by atoms with Crippen LogP contribution in [0.2, 0.25) is 0 Å². The third-order valence-corrected chi connectivity index (χ3v) is 3.10. The van der Waals surface area contributed by atoms with Crippen LogP contribution in [0.15, 0.2) is 42.5 Å². The first kappa shape index (κ1) is 18.5. The second kappa shape index (κ2) is 9.47. The fourth-order valence-corrected chi connectivity index (χ4v) is 1.91. The first-order valence-corrected chi connectivity index (χ1v) is 7.64. The van der Waals surface area contributed by atoms with Gasteiger partial charge in [0.2, 0.25) is 5.41 Å². The van der Waals surface area contributed by atoms with E-state index in [0.29, 0.717) is 5.56 Å². The van der Waals surface area contributed by atoms with Gasteiger partial charge in [-0.25, -0.2) is 9.59 Å². The number of hydrogen-bond acceptors (Lipinski definition) is 4. The summed E-state index contributed by atoms with van der Waals surface area (Å²) in [4.78, 5) is 24.9. The Balaban J connectivity index is 3.33. The van der Waals surface area contributed by atoms with E-state index >= 15 is 0 Å². The summed E-state index contributed by atoms with van der Waals surface area (Å²) in [5.41, 5.74) is -0.931. The van der Waals surface area contributed by atoms with Crippen molar-refractivity contribution in [3.63, 3.8) is 0 Å². The molecule has 0 atom stereocenters. The molecule has 0 aliphatic carbocycles. The highest BCUT2D eigenvalue weighted by Crippen LogP contribution is 2.27. The molecule has 0 heterocycles. The van der Waals surface area contributed by atoms with Crippen LogP contribution in [0.4, 0.5) is 0 Å². The Hall–Kier alpha value is -2.54. The van der Waals surface area contributed by atoms with Crippen LogP contribution in [0, 0.1) is 17.3 Å². The second-order valence-corrected chi connectivity index (χ2v) is 4.74. The normalized spacial score (nSPS) is 10.7. The minimum absolute atomic E-state index is 0.112. The molecule has 0 aliphatic heterocycles. The van der Waals surface area contributed by atoms with Crippen LogP contribution in [0.5, 0.6) is 0 Å². The average molecular weight is 314 g/mol. The number of benzene rings is 1. The van der Waals surface area contributed by atoms with E-state index in [1.807, 2.05) is 37.3 Å². The van der Waals surface area contributed by atoms with E-state index in [-0.39, 0.29) is 19.6 Å². The van der Waals surface area contributed by atoms with E-state index in [1.54, 1.807) is 26.0 Å². The Morgan fingerprint density at radius 3 is 2.13 bits per heavy atom. The number of allylic oxidation sites excluding steroid dienone is 2.